The van der Waals surface area contributed by atoms with Crippen molar-refractivity contribution in [2.45, 2.75) is 0 Å². The Morgan fingerprint density at radius 2 is 2.11 bits per heavy atom. The maximum Gasteiger partial charge on any atom is 0.277 e. The summed E-state index contributed by atoms with van der Waals surface area (Å²) in [5.74, 6) is 0.292. The quantitative estimate of drug-likeness (QED) is 0.408. The molecule has 2 aromatic carbocycles. The van der Waals surface area contributed by atoms with Crippen LogP contribution < -0.4 is 10.1 Å². The number of methoxy groups -OCH3 is 1. The van der Waals surface area contributed by atoms with Crippen molar-refractivity contribution in [1.82, 2.24) is 14.8 Å². The van der Waals surface area contributed by atoms with Gasteiger partial charge in [0.15, 0.2) is 10.8 Å². The number of anilines is 1. The minimum Gasteiger partial charge on any atom is -0.497 e. The number of thiazole rings is 1. The number of non-ortho nitro benzene ring substituents is 1. The van der Waals surface area contributed by atoms with Crippen molar-refractivity contribution < 1.29 is 14.5 Å². The van der Waals surface area contributed by atoms with Gasteiger partial charge in [-0.05, 0) is 30.3 Å². The highest BCUT2D eigenvalue weighted by atomic mass is 32.1. The second-order valence-corrected chi connectivity index (χ2v) is 6.76. The number of nitro benzene ring substituents is 1. The van der Waals surface area contributed by atoms with E-state index in [0.29, 0.717) is 16.6 Å². The van der Waals surface area contributed by atoms with E-state index < -0.39 is 10.8 Å². The van der Waals surface area contributed by atoms with Crippen LogP contribution in [0.2, 0.25) is 0 Å². The van der Waals surface area contributed by atoms with Crippen molar-refractivity contribution in [3.8, 4) is 11.4 Å². The first-order valence-corrected chi connectivity index (χ1v) is 8.91. The van der Waals surface area contributed by atoms with E-state index in [1.807, 2.05) is 12.1 Å². The lowest BCUT2D eigenvalue weighted by Gasteiger charge is -2.01. The molecule has 0 aliphatic carbocycles. The lowest BCUT2D eigenvalue weighted by Crippen LogP contribution is -2.13. The molecule has 1 amide bonds. The van der Waals surface area contributed by atoms with Gasteiger partial charge in [-0.3, -0.25) is 20.2 Å². The van der Waals surface area contributed by atoms with Crippen molar-refractivity contribution in [1.29, 1.82) is 0 Å². The molecular weight excluding hydrogens is 382 g/mol. The second kappa shape index (κ2) is 7.08. The Hall–Kier alpha value is -3.79. The fourth-order valence-corrected chi connectivity index (χ4v) is 3.47. The molecule has 0 fully saturated rings. The van der Waals surface area contributed by atoms with Gasteiger partial charge < -0.3 is 4.74 Å². The second-order valence-electron chi connectivity index (χ2n) is 5.73. The smallest absolute Gasteiger partial charge is 0.277 e. The van der Waals surface area contributed by atoms with Gasteiger partial charge in [0.2, 0.25) is 0 Å². The number of aromatic nitrogens is 3. The van der Waals surface area contributed by atoms with Gasteiger partial charge in [0.25, 0.3) is 11.6 Å². The summed E-state index contributed by atoms with van der Waals surface area (Å²) in [5, 5.41) is 18.3. The number of rotatable bonds is 5. The summed E-state index contributed by atoms with van der Waals surface area (Å²) in [4.78, 5) is 27.3. The molecule has 0 unspecified atom stereocenters. The van der Waals surface area contributed by atoms with E-state index in [2.05, 4.69) is 15.4 Å². The van der Waals surface area contributed by atoms with E-state index in [0.717, 1.165) is 10.2 Å². The number of nitrogens with one attached hydrogen (secondary N) is 1. The van der Waals surface area contributed by atoms with E-state index >= 15 is 0 Å². The number of nitrogens with zero attached hydrogens (tertiary/aromatic N) is 4. The molecule has 0 spiro atoms. The topological polar surface area (TPSA) is 112 Å². The third-order valence-corrected chi connectivity index (χ3v) is 4.88. The minimum atomic E-state index is -0.483. The van der Waals surface area contributed by atoms with Crippen LogP contribution in [0.25, 0.3) is 15.9 Å². The number of amides is 1. The molecule has 0 atom stereocenters. The van der Waals surface area contributed by atoms with E-state index in [1.165, 1.54) is 34.2 Å². The number of benzene rings is 2. The summed E-state index contributed by atoms with van der Waals surface area (Å²) in [5.41, 5.74) is 1.36. The fourth-order valence-electron chi connectivity index (χ4n) is 2.58. The fraction of sp³-hybridized carbons (Fsp3) is 0.0556. The van der Waals surface area contributed by atoms with Gasteiger partial charge >= 0.3 is 0 Å². The molecule has 0 radical (unpaired) electrons. The average molecular weight is 395 g/mol. The first-order valence-electron chi connectivity index (χ1n) is 8.10. The largest absolute Gasteiger partial charge is 0.497 e. The molecule has 28 heavy (non-hydrogen) atoms. The molecule has 10 heteroatoms. The standard InChI is InChI=1S/C18H13N5O4S/c1-27-13-5-6-14-16(10-13)28-18(19-14)20-17(24)15-7-8-22(21-15)11-3-2-4-12(9-11)23(25)26/h2-10H,1H3,(H,19,20,24). The van der Waals surface area contributed by atoms with Crippen LogP contribution >= 0.6 is 11.3 Å². The Labute approximate surface area is 162 Å². The summed E-state index contributed by atoms with van der Waals surface area (Å²) in [6.07, 6.45) is 1.57. The average Bonchev–Trinajstić information content (AvgIpc) is 3.34. The Bertz CT molecular complexity index is 1200. The molecule has 4 aromatic rings. The monoisotopic (exact) mass is 395 g/mol. The summed E-state index contributed by atoms with van der Waals surface area (Å²) < 4.78 is 7.48. The zero-order chi connectivity index (χ0) is 19.7. The Morgan fingerprint density at radius 3 is 2.89 bits per heavy atom. The van der Waals surface area contributed by atoms with Gasteiger partial charge in [-0.15, -0.1) is 0 Å². The van der Waals surface area contributed by atoms with Gasteiger partial charge in [0.05, 0.1) is 27.9 Å². The van der Waals surface area contributed by atoms with Crippen molar-refractivity contribution in [3.63, 3.8) is 0 Å². The van der Waals surface area contributed by atoms with E-state index in [1.54, 1.807) is 31.5 Å². The lowest BCUT2D eigenvalue weighted by atomic mass is 10.3. The van der Waals surface area contributed by atoms with Crippen molar-refractivity contribution in [2.75, 3.05) is 12.4 Å². The van der Waals surface area contributed by atoms with Crippen LogP contribution in [0.3, 0.4) is 0 Å². The van der Waals surface area contributed by atoms with Crippen molar-refractivity contribution >= 4 is 38.3 Å². The molecule has 0 saturated heterocycles. The van der Waals surface area contributed by atoms with E-state index in [4.69, 9.17) is 4.74 Å². The molecule has 2 aromatic heterocycles. The van der Waals surface area contributed by atoms with Gasteiger partial charge in [0, 0.05) is 18.3 Å². The van der Waals surface area contributed by atoms with Crippen LogP contribution in [0.1, 0.15) is 10.5 Å². The molecule has 0 aliphatic heterocycles. The van der Waals surface area contributed by atoms with Crippen LogP contribution in [-0.4, -0.2) is 32.7 Å². The minimum absolute atomic E-state index is 0.0519. The summed E-state index contributed by atoms with van der Waals surface area (Å²) >= 11 is 1.33. The van der Waals surface area contributed by atoms with Crippen LogP contribution in [0.5, 0.6) is 5.75 Å². The third-order valence-electron chi connectivity index (χ3n) is 3.94. The van der Waals surface area contributed by atoms with Crippen LogP contribution in [0.4, 0.5) is 10.8 Å². The molecular formula is C18H13N5O4S. The van der Waals surface area contributed by atoms with Crippen molar-refractivity contribution in [3.05, 3.63) is 70.5 Å². The van der Waals surface area contributed by atoms with Crippen LogP contribution in [0, 0.1) is 10.1 Å². The molecule has 0 aliphatic rings. The zero-order valence-electron chi connectivity index (χ0n) is 14.5. The first kappa shape index (κ1) is 17.6. The highest BCUT2D eigenvalue weighted by Gasteiger charge is 2.14. The maximum atomic E-state index is 12.5. The Balaban J connectivity index is 1.55. The Kier molecular flexibility index (Phi) is 4.45. The summed E-state index contributed by atoms with van der Waals surface area (Å²) in [7, 11) is 1.59. The highest BCUT2D eigenvalue weighted by molar-refractivity contribution is 7.22. The summed E-state index contributed by atoms with van der Waals surface area (Å²) in [6.45, 7) is 0. The number of hydrogen-bond donors (Lipinski definition) is 1. The molecule has 140 valence electrons. The predicted octanol–water partition coefficient (Wildman–Crippen LogP) is 3.65. The number of ether oxygens (including phenoxy) is 1. The summed E-state index contributed by atoms with van der Waals surface area (Å²) in [6, 6.07) is 13.0. The van der Waals surface area contributed by atoms with E-state index in [-0.39, 0.29) is 11.4 Å². The SMILES string of the molecule is COc1ccc2nc(NC(=O)c3ccn(-c4cccc([N+](=O)[O-])c4)n3)sc2c1. The van der Waals surface area contributed by atoms with Crippen LogP contribution in [0.15, 0.2) is 54.7 Å². The zero-order valence-corrected chi connectivity index (χ0v) is 15.3. The van der Waals surface area contributed by atoms with Gasteiger partial charge in [0.1, 0.15) is 5.75 Å². The molecule has 4 rings (SSSR count). The van der Waals surface area contributed by atoms with Gasteiger partial charge in [-0.1, -0.05) is 17.4 Å². The van der Waals surface area contributed by atoms with Crippen LogP contribution in [-0.2, 0) is 0 Å². The normalized spacial score (nSPS) is 10.8. The molecule has 9 nitrogen and oxygen atoms in total. The number of carbonyl (C=O) groups is 1. The number of carbonyl (C=O) groups excluding carboxylic acids is 1. The molecule has 0 saturated carbocycles. The molecule has 1 N–H and O–H groups in total. The van der Waals surface area contributed by atoms with E-state index in [9.17, 15) is 14.9 Å². The molecule has 0 bridgehead atoms. The van der Waals surface area contributed by atoms with Crippen molar-refractivity contribution in [2.24, 2.45) is 0 Å². The lowest BCUT2D eigenvalue weighted by molar-refractivity contribution is -0.384. The molecule has 2 heterocycles. The maximum absolute atomic E-state index is 12.5. The number of hydrogen-bond acceptors (Lipinski definition) is 7. The third kappa shape index (κ3) is 3.40. The Morgan fingerprint density at radius 1 is 1.25 bits per heavy atom. The first-order chi connectivity index (χ1) is 13.5. The number of nitro groups is 1. The predicted molar refractivity (Wildman–Crippen MR) is 104 cm³/mol. The highest BCUT2D eigenvalue weighted by Crippen LogP contribution is 2.29. The van der Waals surface area contributed by atoms with Gasteiger partial charge in [-0.25, -0.2) is 9.67 Å². The number of fused-ring (bicyclic) bond motifs is 1. The van der Waals surface area contributed by atoms with Gasteiger partial charge in [-0.2, -0.15) is 5.10 Å².